The number of benzene rings is 1. The lowest BCUT2D eigenvalue weighted by molar-refractivity contribution is 0.265. The minimum Gasteiger partial charge on any atom is -0.392 e. The summed E-state index contributed by atoms with van der Waals surface area (Å²) in [5.41, 5.74) is 2.65. The van der Waals surface area contributed by atoms with Crippen molar-refractivity contribution in [2.45, 2.75) is 20.5 Å². The van der Waals surface area contributed by atoms with E-state index in [4.69, 9.17) is 0 Å². The van der Waals surface area contributed by atoms with E-state index in [1.165, 1.54) is 5.69 Å². The van der Waals surface area contributed by atoms with Gasteiger partial charge in [0.1, 0.15) is 0 Å². The zero-order valence-corrected chi connectivity index (χ0v) is 8.83. The fraction of sp³-hybridized carbons (Fsp3) is 0.500. The largest absolute Gasteiger partial charge is 0.392 e. The first-order valence-electron chi connectivity index (χ1n) is 5.06. The summed E-state index contributed by atoms with van der Waals surface area (Å²) >= 11 is 0. The van der Waals surface area contributed by atoms with Gasteiger partial charge in [-0.15, -0.1) is 0 Å². The van der Waals surface area contributed by atoms with E-state index in [9.17, 15) is 5.11 Å². The number of hydrogen-bond acceptors (Lipinski definition) is 2. The van der Waals surface area contributed by atoms with Crippen molar-refractivity contribution in [2.75, 3.05) is 18.0 Å². The number of anilines is 1. The molecule has 0 bridgehead atoms. The van der Waals surface area contributed by atoms with Crippen LogP contribution in [0.4, 0.5) is 5.69 Å². The Morgan fingerprint density at radius 3 is 2.50 bits per heavy atom. The molecule has 2 rings (SSSR count). The van der Waals surface area contributed by atoms with Crippen molar-refractivity contribution in [3.63, 3.8) is 0 Å². The maximum atomic E-state index is 9.19. The van der Waals surface area contributed by atoms with Gasteiger partial charge in [0.05, 0.1) is 6.61 Å². The molecular formula is C12H17NO. The lowest BCUT2D eigenvalue weighted by Crippen LogP contribution is -2.53. The van der Waals surface area contributed by atoms with Crippen LogP contribution in [0, 0.1) is 5.41 Å². The van der Waals surface area contributed by atoms with E-state index in [1.54, 1.807) is 0 Å². The summed E-state index contributed by atoms with van der Waals surface area (Å²) in [6.07, 6.45) is 0. The average molecular weight is 191 g/mol. The average Bonchev–Trinajstić information content (AvgIpc) is 2.14. The van der Waals surface area contributed by atoms with Gasteiger partial charge in [0, 0.05) is 24.3 Å². The van der Waals surface area contributed by atoms with Gasteiger partial charge in [0.25, 0.3) is 0 Å². The third-order valence-corrected chi connectivity index (χ3v) is 2.74. The van der Waals surface area contributed by atoms with Crippen LogP contribution in [0.5, 0.6) is 0 Å². The Hall–Kier alpha value is -1.02. The van der Waals surface area contributed by atoms with Crippen LogP contribution in [0.2, 0.25) is 0 Å². The van der Waals surface area contributed by atoms with Crippen LogP contribution in [0.3, 0.4) is 0 Å². The van der Waals surface area contributed by atoms with E-state index in [0.717, 1.165) is 18.7 Å². The van der Waals surface area contributed by atoms with Gasteiger partial charge in [-0.25, -0.2) is 0 Å². The fourth-order valence-electron chi connectivity index (χ4n) is 2.11. The third kappa shape index (κ3) is 1.62. The molecule has 1 aliphatic rings. The highest BCUT2D eigenvalue weighted by atomic mass is 16.3. The second kappa shape index (κ2) is 3.28. The smallest absolute Gasteiger partial charge is 0.0702 e. The molecule has 76 valence electrons. The third-order valence-electron chi connectivity index (χ3n) is 2.74. The molecule has 0 amide bonds. The molecule has 1 aromatic carbocycles. The second-order valence-electron chi connectivity index (χ2n) is 4.81. The fourth-order valence-corrected chi connectivity index (χ4v) is 2.11. The Labute approximate surface area is 85.2 Å². The van der Waals surface area contributed by atoms with Crippen molar-refractivity contribution < 1.29 is 5.11 Å². The quantitative estimate of drug-likeness (QED) is 0.773. The van der Waals surface area contributed by atoms with Crippen molar-refractivity contribution in [1.29, 1.82) is 0 Å². The molecule has 2 heteroatoms. The minimum absolute atomic E-state index is 0.132. The van der Waals surface area contributed by atoms with E-state index in [0.29, 0.717) is 5.41 Å². The van der Waals surface area contributed by atoms with Gasteiger partial charge >= 0.3 is 0 Å². The standard InChI is InChI=1S/C12H17NO/c1-12(2)8-13(9-12)11-6-4-3-5-10(11)7-14/h3-6,14H,7-9H2,1-2H3. The van der Waals surface area contributed by atoms with Crippen LogP contribution in [-0.2, 0) is 6.61 Å². The normalized spacial score (nSPS) is 19.2. The number of para-hydroxylation sites is 1. The van der Waals surface area contributed by atoms with Crippen LogP contribution >= 0.6 is 0 Å². The first kappa shape index (κ1) is 9.53. The van der Waals surface area contributed by atoms with Gasteiger partial charge in [-0.05, 0) is 11.5 Å². The van der Waals surface area contributed by atoms with Gasteiger partial charge in [-0.1, -0.05) is 32.0 Å². The maximum Gasteiger partial charge on any atom is 0.0702 e. The maximum absolute atomic E-state index is 9.19. The Morgan fingerprint density at radius 1 is 1.29 bits per heavy atom. The van der Waals surface area contributed by atoms with Crippen molar-refractivity contribution >= 4 is 5.69 Å². The molecule has 1 N–H and O–H groups in total. The number of aliphatic hydroxyl groups excluding tert-OH is 1. The summed E-state index contributed by atoms with van der Waals surface area (Å²) in [5, 5.41) is 9.19. The number of aliphatic hydroxyl groups is 1. The van der Waals surface area contributed by atoms with Gasteiger partial charge in [0.15, 0.2) is 0 Å². The lowest BCUT2D eigenvalue weighted by Gasteiger charge is -2.48. The monoisotopic (exact) mass is 191 g/mol. The van der Waals surface area contributed by atoms with Crippen molar-refractivity contribution in [3.8, 4) is 0 Å². The highest BCUT2D eigenvalue weighted by Gasteiger charge is 2.34. The Morgan fingerprint density at radius 2 is 1.93 bits per heavy atom. The SMILES string of the molecule is CC1(C)CN(c2ccccc2CO)C1. The molecule has 0 radical (unpaired) electrons. The van der Waals surface area contributed by atoms with Crippen LogP contribution in [0.1, 0.15) is 19.4 Å². The Balaban J connectivity index is 2.18. The summed E-state index contributed by atoms with van der Waals surface area (Å²) in [5.74, 6) is 0. The first-order valence-corrected chi connectivity index (χ1v) is 5.06. The molecule has 0 aliphatic carbocycles. The molecule has 0 spiro atoms. The van der Waals surface area contributed by atoms with Crippen molar-refractivity contribution in [2.24, 2.45) is 5.41 Å². The topological polar surface area (TPSA) is 23.5 Å². The van der Waals surface area contributed by atoms with Crippen LogP contribution in [-0.4, -0.2) is 18.2 Å². The number of rotatable bonds is 2. The molecule has 0 aromatic heterocycles. The number of nitrogens with zero attached hydrogens (tertiary/aromatic N) is 1. The van der Waals surface area contributed by atoms with E-state index in [1.807, 2.05) is 18.2 Å². The van der Waals surface area contributed by atoms with Gasteiger partial charge in [-0.2, -0.15) is 0 Å². The summed E-state index contributed by atoms with van der Waals surface area (Å²) in [7, 11) is 0. The molecule has 1 saturated heterocycles. The van der Waals surface area contributed by atoms with Crippen molar-refractivity contribution in [1.82, 2.24) is 0 Å². The molecule has 14 heavy (non-hydrogen) atoms. The van der Waals surface area contributed by atoms with Crippen LogP contribution in [0.25, 0.3) is 0 Å². The zero-order valence-electron chi connectivity index (χ0n) is 8.83. The van der Waals surface area contributed by atoms with Crippen molar-refractivity contribution in [3.05, 3.63) is 29.8 Å². The molecule has 1 fully saturated rings. The van der Waals surface area contributed by atoms with Gasteiger partial charge in [-0.3, -0.25) is 0 Å². The molecule has 0 atom stereocenters. The molecule has 2 nitrogen and oxygen atoms in total. The summed E-state index contributed by atoms with van der Waals surface area (Å²) in [6, 6.07) is 8.07. The van der Waals surface area contributed by atoms with Crippen LogP contribution in [0.15, 0.2) is 24.3 Å². The summed E-state index contributed by atoms with van der Waals surface area (Å²) in [4.78, 5) is 2.32. The van der Waals surface area contributed by atoms with E-state index < -0.39 is 0 Å². The zero-order chi connectivity index (χ0) is 10.2. The van der Waals surface area contributed by atoms with E-state index in [2.05, 4.69) is 24.8 Å². The molecule has 1 aliphatic heterocycles. The molecule has 0 saturated carbocycles. The first-order chi connectivity index (χ1) is 6.62. The molecule has 0 unspecified atom stereocenters. The molecular weight excluding hydrogens is 174 g/mol. The lowest BCUT2D eigenvalue weighted by atomic mass is 9.83. The predicted octanol–water partition coefficient (Wildman–Crippen LogP) is 2.03. The molecule has 1 aromatic rings. The van der Waals surface area contributed by atoms with Gasteiger partial charge < -0.3 is 10.0 Å². The van der Waals surface area contributed by atoms with Crippen LogP contribution < -0.4 is 4.90 Å². The highest BCUT2D eigenvalue weighted by molar-refractivity contribution is 5.55. The summed E-state index contributed by atoms with van der Waals surface area (Å²) in [6.45, 7) is 6.84. The Bertz CT molecular complexity index is 325. The second-order valence-corrected chi connectivity index (χ2v) is 4.81. The Kier molecular flexibility index (Phi) is 2.23. The van der Waals surface area contributed by atoms with Gasteiger partial charge in [0.2, 0.25) is 0 Å². The number of hydrogen-bond donors (Lipinski definition) is 1. The predicted molar refractivity (Wildman–Crippen MR) is 58.4 cm³/mol. The minimum atomic E-state index is 0.132. The van der Waals surface area contributed by atoms with E-state index in [-0.39, 0.29) is 6.61 Å². The van der Waals surface area contributed by atoms with E-state index >= 15 is 0 Å². The molecule has 1 heterocycles. The summed E-state index contributed by atoms with van der Waals surface area (Å²) < 4.78 is 0. The highest BCUT2D eigenvalue weighted by Crippen LogP contribution is 2.34.